The van der Waals surface area contributed by atoms with Gasteiger partial charge in [0.2, 0.25) is 0 Å². The molecule has 0 aliphatic rings. The summed E-state index contributed by atoms with van der Waals surface area (Å²) in [6, 6.07) is 4.33. The molecule has 0 aliphatic heterocycles. The van der Waals surface area contributed by atoms with Crippen LogP contribution in [0, 0.1) is 12.7 Å². The maximum absolute atomic E-state index is 12.9. The van der Waals surface area contributed by atoms with Crippen LogP contribution in [0.15, 0.2) is 29.8 Å². The molecule has 0 atom stereocenters. The van der Waals surface area contributed by atoms with Crippen molar-refractivity contribution in [2.24, 2.45) is 0 Å². The first kappa shape index (κ1) is 13.2. The minimum absolute atomic E-state index is 0.200. The Hall–Kier alpha value is -1.84. The van der Waals surface area contributed by atoms with Crippen molar-refractivity contribution in [3.05, 3.63) is 41.2 Å². The van der Waals surface area contributed by atoms with Gasteiger partial charge in [-0.1, -0.05) is 6.07 Å². The molecule has 0 aromatic heterocycles. The molecular formula is C13H15FO3. The SMILES string of the molecule is COC(=O)/C(C)=C/COc1cc(F)ccc1C. The fraction of sp³-hybridized carbons (Fsp3) is 0.308. The van der Waals surface area contributed by atoms with Crippen LogP contribution in [-0.2, 0) is 9.53 Å². The van der Waals surface area contributed by atoms with Crippen molar-refractivity contribution in [1.82, 2.24) is 0 Å². The van der Waals surface area contributed by atoms with E-state index in [0.717, 1.165) is 5.56 Å². The second-order valence-electron chi connectivity index (χ2n) is 3.60. The van der Waals surface area contributed by atoms with Crippen LogP contribution in [0.5, 0.6) is 5.75 Å². The lowest BCUT2D eigenvalue weighted by Gasteiger charge is -2.07. The van der Waals surface area contributed by atoms with E-state index in [2.05, 4.69) is 4.74 Å². The highest BCUT2D eigenvalue weighted by molar-refractivity contribution is 5.87. The number of benzene rings is 1. The molecule has 1 rings (SSSR count). The summed E-state index contributed by atoms with van der Waals surface area (Å²) in [6.45, 7) is 3.66. The van der Waals surface area contributed by atoms with Gasteiger partial charge in [0.05, 0.1) is 7.11 Å². The minimum Gasteiger partial charge on any atom is -0.489 e. The zero-order valence-electron chi connectivity index (χ0n) is 10.1. The Labute approximate surface area is 99.9 Å². The Morgan fingerprint density at radius 3 is 2.82 bits per heavy atom. The average Bonchev–Trinajstić information content (AvgIpc) is 2.32. The number of carbonyl (C=O) groups excluding carboxylic acids is 1. The Kier molecular flexibility index (Phi) is 4.69. The van der Waals surface area contributed by atoms with Gasteiger partial charge in [-0.05, 0) is 31.6 Å². The summed E-state index contributed by atoms with van der Waals surface area (Å²) in [5, 5.41) is 0. The molecule has 0 amide bonds. The molecule has 0 heterocycles. The van der Waals surface area contributed by atoms with Crippen LogP contribution in [-0.4, -0.2) is 19.7 Å². The second-order valence-corrected chi connectivity index (χ2v) is 3.60. The van der Waals surface area contributed by atoms with Crippen LogP contribution in [0.25, 0.3) is 0 Å². The highest BCUT2D eigenvalue weighted by atomic mass is 19.1. The summed E-state index contributed by atoms with van der Waals surface area (Å²) in [7, 11) is 1.32. The van der Waals surface area contributed by atoms with E-state index in [-0.39, 0.29) is 12.4 Å². The molecule has 1 aromatic carbocycles. The number of hydrogen-bond acceptors (Lipinski definition) is 3. The molecular weight excluding hydrogens is 223 g/mol. The van der Waals surface area contributed by atoms with Gasteiger partial charge < -0.3 is 9.47 Å². The van der Waals surface area contributed by atoms with Crippen molar-refractivity contribution in [2.45, 2.75) is 13.8 Å². The van der Waals surface area contributed by atoms with E-state index in [1.165, 1.54) is 19.2 Å². The zero-order chi connectivity index (χ0) is 12.8. The topological polar surface area (TPSA) is 35.5 Å². The van der Waals surface area contributed by atoms with Crippen LogP contribution in [0.1, 0.15) is 12.5 Å². The van der Waals surface area contributed by atoms with Gasteiger partial charge in [-0.3, -0.25) is 0 Å². The van der Waals surface area contributed by atoms with Crippen LogP contribution in [0.3, 0.4) is 0 Å². The summed E-state index contributed by atoms with van der Waals surface area (Å²) in [5.41, 5.74) is 1.30. The van der Waals surface area contributed by atoms with Gasteiger partial charge in [0, 0.05) is 11.6 Å². The molecule has 0 N–H and O–H groups in total. The molecule has 0 fully saturated rings. The van der Waals surface area contributed by atoms with E-state index in [0.29, 0.717) is 11.3 Å². The summed E-state index contributed by atoms with van der Waals surface area (Å²) < 4.78 is 22.8. The highest BCUT2D eigenvalue weighted by Crippen LogP contribution is 2.18. The molecule has 0 bridgehead atoms. The molecule has 0 saturated heterocycles. The average molecular weight is 238 g/mol. The van der Waals surface area contributed by atoms with Crippen molar-refractivity contribution in [2.75, 3.05) is 13.7 Å². The number of carbonyl (C=O) groups is 1. The third kappa shape index (κ3) is 3.90. The first-order chi connectivity index (χ1) is 8.04. The molecule has 17 heavy (non-hydrogen) atoms. The minimum atomic E-state index is -0.399. The van der Waals surface area contributed by atoms with Crippen LogP contribution >= 0.6 is 0 Å². The fourth-order valence-electron chi connectivity index (χ4n) is 1.23. The lowest BCUT2D eigenvalue weighted by molar-refractivity contribution is -0.136. The molecule has 4 heteroatoms. The van der Waals surface area contributed by atoms with Gasteiger partial charge in [-0.15, -0.1) is 0 Å². The number of aryl methyl sites for hydroxylation is 1. The maximum atomic E-state index is 12.9. The van der Waals surface area contributed by atoms with E-state index < -0.39 is 5.97 Å². The van der Waals surface area contributed by atoms with Crippen molar-refractivity contribution < 1.29 is 18.7 Å². The number of rotatable bonds is 4. The quantitative estimate of drug-likeness (QED) is 0.597. The van der Waals surface area contributed by atoms with E-state index >= 15 is 0 Å². The fourth-order valence-corrected chi connectivity index (χ4v) is 1.23. The first-order valence-electron chi connectivity index (χ1n) is 5.18. The standard InChI is InChI=1S/C13H15FO3/c1-9-4-5-11(14)8-12(9)17-7-6-10(2)13(15)16-3/h4-6,8H,7H2,1-3H3/b10-6+. The molecule has 92 valence electrons. The second kappa shape index (κ2) is 6.03. The van der Waals surface area contributed by atoms with Crippen molar-refractivity contribution in [3.8, 4) is 5.75 Å². The van der Waals surface area contributed by atoms with Gasteiger partial charge >= 0.3 is 5.97 Å². The van der Waals surface area contributed by atoms with Gasteiger partial charge in [-0.25, -0.2) is 9.18 Å². The number of methoxy groups -OCH3 is 1. The summed E-state index contributed by atoms with van der Waals surface area (Å²) in [6.07, 6.45) is 1.59. The normalized spacial score (nSPS) is 11.2. The molecule has 1 aromatic rings. The number of esters is 1. The number of halogens is 1. The summed E-state index contributed by atoms with van der Waals surface area (Å²) >= 11 is 0. The lowest BCUT2D eigenvalue weighted by Crippen LogP contribution is -2.04. The zero-order valence-corrected chi connectivity index (χ0v) is 10.1. The van der Waals surface area contributed by atoms with E-state index in [9.17, 15) is 9.18 Å². The predicted molar refractivity (Wildman–Crippen MR) is 62.4 cm³/mol. The van der Waals surface area contributed by atoms with Crippen molar-refractivity contribution in [3.63, 3.8) is 0 Å². The molecule has 0 unspecified atom stereocenters. The third-order valence-corrected chi connectivity index (χ3v) is 2.29. The van der Waals surface area contributed by atoms with E-state index in [1.807, 2.05) is 6.92 Å². The Bertz CT molecular complexity index is 438. The molecule has 0 radical (unpaired) electrons. The Morgan fingerprint density at radius 1 is 1.47 bits per heavy atom. The van der Waals surface area contributed by atoms with Gasteiger partial charge in [0.15, 0.2) is 0 Å². The van der Waals surface area contributed by atoms with Crippen molar-refractivity contribution >= 4 is 5.97 Å². The van der Waals surface area contributed by atoms with Gasteiger partial charge in [-0.2, -0.15) is 0 Å². The monoisotopic (exact) mass is 238 g/mol. The van der Waals surface area contributed by atoms with Gasteiger partial charge in [0.25, 0.3) is 0 Å². The molecule has 3 nitrogen and oxygen atoms in total. The predicted octanol–water partition coefficient (Wildman–Crippen LogP) is 2.63. The molecule has 0 saturated carbocycles. The molecule has 0 aliphatic carbocycles. The Morgan fingerprint density at radius 2 is 2.18 bits per heavy atom. The summed E-state index contributed by atoms with van der Waals surface area (Å²) in [5.74, 6) is -0.275. The third-order valence-electron chi connectivity index (χ3n) is 2.29. The maximum Gasteiger partial charge on any atom is 0.333 e. The highest BCUT2D eigenvalue weighted by Gasteiger charge is 2.03. The Balaban J connectivity index is 2.62. The van der Waals surface area contributed by atoms with Crippen molar-refractivity contribution in [1.29, 1.82) is 0 Å². The largest absolute Gasteiger partial charge is 0.489 e. The van der Waals surface area contributed by atoms with Crippen LogP contribution in [0.2, 0.25) is 0 Å². The lowest BCUT2D eigenvalue weighted by atomic mass is 10.2. The van der Waals surface area contributed by atoms with E-state index in [1.54, 1.807) is 19.1 Å². The van der Waals surface area contributed by atoms with Crippen LogP contribution in [0.4, 0.5) is 4.39 Å². The van der Waals surface area contributed by atoms with E-state index in [4.69, 9.17) is 4.74 Å². The van der Waals surface area contributed by atoms with Gasteiger partial charge in [0.1, 0.15) is 18.2 Å². The number of hydrogen-bond donors (Lipinski definition) is 0. The van der Waals surface area contributed by atoms with Crippen LogP contribution < -0.4 is 4.74 Å². The summed E-state index contributed by atoms with van der Waals surface area (Å²) in [4.78, 5) is 11.1. The molecule has 0 spiro atoms. The number of ether oxygens (including phenoxy) is 2. The smallest absolute Gasteiger partial charge is 0.333 e. The first-order valence-corrected chi connectivity index (χ1v) is 5.18.